The van der Waals surface area contributed by atoms with Crippen LogP contribution in [0.1, 0.15) is 38.5 Å². The van der Waals surface area contributed by atoms with Gasteiger partial charge in [0.2, 0.25) is 0 Å². The van der Waals surface area contributed by atoms with Crippen LogP contribution >= 0.6 is 0 Å². The molecule has 0 aliphatic heterocycles. The van der Waals surface area contributed by atoms with Gasteiger partial charge in [0.15, 0.2) is 0 Å². The SMILES string of the molecule is FC(F)(F)C1(NCC2CC3CCC2C3)CC1. The molecule has 16 heavy (non-hydrogen) atoms. The maximum atomic E-state index is 12.7. The minimum absolute atomic E-state index is 0.275. The van der Waals surface area contributed by atoms with Crippen molar-refractivity contribution in [2.45, 2.75) is 50.2 Å². The smallest absolute Gasteiger partial charge is 0.303 e. The van der Waals surface area contributed by atoms with Crippen molar-refractivity contribution in [3.05, 3.63) is 0 Å². The average molecular weight is 233 g/mol. The fourth-order valence-electron chi connectivity index (χ4n) is 3.64. The quantitative estimate of drug-likeness (QED) is 0.789. The van der Waals surface area contributed by atoms with Gasteiger partial charge < -0.3 is 5.32 Å². The first-order valence-electron chi connectivity index (χ1n) is 6.32. The lowest BCUT2D eigenvalue weighted by Crippen LogP contribution is -2.47. The molecule has 3 unspecified atom stereocenters. The van der Waals surface area contributed by atoms with Crippen LogP contribution in [0.15, 0.2) is 0 Å². The molecule has 3 saturated carbocycles. The second kappa shape index (κ2) is 3.37. The standard InChI is InChI=1S/C12H18F3N/c13-12(14,15)11(3-4-11)16-7-10-6-8-1-2-9(10)5-8/h8-10,16H,1-7H2. The summed E-state index contributed by atoms with van der Waals surface area (Å²) in [6, 6.07) is 0. The molecule has 0 aromatic heterocycles. The summed E-state index contributed by atoms with van der Waals surface area (Å²) >= 11 is 0. The summed E-state index contributed by atoms with van der Waals surface area (Å²) in [5.41, 5.74) is -1.51. The Bertz CT molecular complexity index is 282. The molecule has 1 nitrogen and oxygen atoms in total. The van der Waals surface area contributed by atoms with E-state index in [-0.39, 0.29) is 12.8 Å². The van der Waals surface area contributed by atoms with E-state index in [0.717, 1.165) is 12.3 Å². The monoisotopic (exact) mass is 233 g/mol. The topological polar surface area (TPSA) is 12.0 Å². The Morgan fingerprint density at radius 3 is 2.31 bits per heavy atom. The summed E-state index contributed by atoms with van der Waals surface area (Å²) in [6.07, 6.45) is 1.48. The molecule has 0 amide bonds. The number of rotatable bonds is 3. The molecule has 0 spiro atoms. The summed E-state index contributed by atoms with van der Waals surface area (Å²) in [4.78, 5) is 0. The van der Waals surface area contributed by atoms with E-state index in [0.29, 0.717) is 18.4 Å². The van der Waals surface area contributed by atoms with Crippen LogP contribution in [0.2, 0.25) is 0 Å². The minimum Gasteiger partial charge on any atom is -0.303 e. The van der Waals surface area contributed by atoms with E-state index in [4.69, 9.17) is 0 Å². The lowest BCUT2D eigenvalue weighted by atomic mass is 9.88. The first-order valence-corrected chi connectivity index (χ1v) is 6.32. The second-order valence-electron chi connectivity index (χ2n) is 5.90. The number of alkyl halides is 3. The predicted molar refractivity (Wildman–Crippen MR) is 55.0 cm³/mol. The summed E-state index contributed by atoms with van der Waals surface area (Å²) in [7, 11) is 0. The number of hydrogen-bond acceptors (Lipinski definition) is 1. The molecule has 0 saturated heterocycles. The molecule has 0 heterocycles. The van der Waals surface area contributed by atoms with E-state index in [1.807, 2.05) is 0 Å². The highest BCUT2D eigenvalue weighted by Gasteiger charge is 2.63. The highest BCUT2D eigenvalue weighted by molar-refractivity contribution is 5.08. The first-order chi connectivity index (χ1) is 7.50. The maximum Gasteiger partial charge on any atom is 0.406 e. The third-order valence-corrected chi connectivity index (χ3v) is 4.88. The minimum atomic E-state index is -4.05. The summed E-state index contributed by atoms with van der Waals surface area (Å²) in [6.45, 7) is 0.584. The van der Waals surface area contributed by atoms with Crippen molar-refractivity contribution in [2.24, 2.45) is 17.8 Å². The van der Waals surface area contributed by atoms with Crippen LogP contribution in [0, 0.1) is 17.8 Å². The Hall–Kier alpha value is -0.250. The van der Waals surface area contributed by atoms with Crippen molar-refractivity contribution in [2.75, 3.05) is 6.54 Å². The van der Waals surface area contributed by atoms with Crippen LogP contribution in [0.25, 0.3) is 0 Å². The average Bonchev–Trinajstić information content (AvgIpc) is 2.74. The van der Waals surface area contributed by atoms with E-state index in [1.165, 1.54) is 19.3 Å². The van der Waals surface area contributed by atoms with Gasteiger partial charge >= 0.3 is 6.18 Å². The van der Waals surface area contributed by atoms with E-state index < -0.39 is 11.7 Å². The van der Waals surface area contributed by atoms with Crippen LogP contribution in [0.3, 0.4) is 0 Å². The lowest BCUT2D eigenvalue weighted by molar-refractivity contribution is -0.166. The van der Waals surface area contributed by atoms with Crippen molar-refractivity contribution in [3.8, 4) is 0 Å². The Morgan fingerprint density at radius 2 is 1.88 bits per heavy atom. The zero-order valence-electron chi connectivity index (χ0n) is 9.32. The highest BCUT2D eigenvalue weighted by Crippen LogP contribution is 2.51. The van der Waals surface area contributed by atoms with E-state index in [9.17, 15) is 13.2 Å². The van der Waals surface area contributed by atoms with Gasteiger partial charge in [-0.25, -0.2) is 0 Å². The van der Waals surface area contributed by atoms with Gasteiger partial charge in [-0.05, 0) is 56.4 Å². The molecule has 3 aliphatic carbocycles. The molecule has 0 aromatic carbocycles. The van der Waals surface area contributed by atoms with Gasteiger partial charge in [-0.3, -0.25) is 0 Å². The van der Waals surface area contributed by atoms with E-state index in [1.54, 1.807) is 0 Å². The van der Waals surface area contributed by atoms with Gasteiger partial charge in [0, 0.05) is 0 Å². The zero-order valence-corrected chi connectivity index (χ0v) is 9.32. The third kappa shape index (κ3) is 1.66. The van der Waals surface area contributed by atoms with Gasteiger partial charge in [-0.2, -0.15) is 13.2 Å². The van der Waals surface area contributed by atoms with Crippen molar-refractivity contribution >= 4 is 0 Å². The molecule has 3 fully saturated rings. The van der Waals surface area contributed by atoms with E-state index >= 15 is 0 Å². The molecule has 0 aromatic rings. The lowest BCUT2D eigenvalue weighted by Gasteiger charge is -2.26. The normalized spacial score (nSPS) is 40.3. The molecule has 3 aliphatic rings. The molecular formula is C12H18F3N. The molecular weight excluding hydrogens is 215 g/mol. The zero-order chi connectivity index (χ0) is 11.4. The number of nitrogens with one attached hydrogen (secondary N) is 1. The van der Waals surface area contributed by atoms with Crippen LogP contribution < -0.4 is 5.32 Å². The number of halogens is 3. The van der Waals surface area contributed by atoms with Gasteiger partial charge in [-0.1, -0.05) is 6.42 Å². The number of hydrogen-bond donors (Lipinski definition) is 1. The van der Waals surface area contributed by atoms with Gasteiger partial charge in [-0.15, -0.1) is 0 Å². The summed E-state index contributed by atoms with van der Waals surface area (Å²) in [5, 5.41) is 2.81. The largest absolute Gasteiger partial charge is 0.406 e. The molecule has 4 heteroatoms. The molecule has 3 atom stereocenters. The summed E-state index contributed by atoms with van der Waals surface area (Å²) in [5.74, 6) is 2.04. The second-order valence-corrected chi connectivity index (χ2v) is 5.90. The van der Waals surface area contributed by atoms with Crippen LogP contribution in [-0.2, 0) is 0 Å². The first kappa shape index (κ1) is 10.9. The van der Waals surface area contributed by atoms with Crippen molar-refractivity contribution < 1.29 is 13.2 Å². The van der Waals surface area contributed by atoms with Crippen LogP contribution in [-0.4, -0.2) is 18.3 Å². The van der Waals surface area contributed by atoms with Crippen molar-refractivity contribution in [3.63, 3.8) is 0 Å². The Labute approximate surface area is 93.8 Å². The Balaban J connectivity index is 1.54. The van der Waals surface area contributed by atoms with E-state index in [2.05, 4.69) is 5.32 Å². The molecule has 0 radical (unpaired) electrons. The summed E-state index contributed by atoms with van der Waals surface area (Å²) < 4.78 is 38.1. The Morgan fingerprint density at radius 1 is 1.12 bits per heavy atom. The van der Waals surface area contributed by atoms with Crippen LogP contribution in [0.5, 0.6) is 0 Å². The van der Waals surface area contributed by atoms with Crippen molar-refractivity contribution in [1.82, 2.24) is 5.32 Å². The fraction of sp³-hybridized carbons (Fsp3) is 1.00. The Kier molecular flexibility index (Phi) is 2.29. The molecule has 1 N–H and O–H groups in total. The van der Waals surface area contributed by atoms with Gasteiger partial charge in [0.05, 0.1) is 0 Å². The predicted octanol–water partition coefficient (Wildman–Crippen LogP) is 3.11. The van der Waals surface area contributed by atoms with Gasteiger partial charge in [0.25, 0.3) is 0 Å². The van der Waals surface area contributed by atoms with Crippen LogP contribution in [0.4, 0.5) is 13.2 Å². The highest BCUT2D eigenvalue weighted by atomic mass is 19.4. The molecule has 3 rings (SSSR count). The van der Waals surface area contributed by atoms with Crippen molar-refractivity contribution in [1.29, 1.82) is 0 Å². The number of fused-ring (bicyclic) bond motifs is 2. The van der Waals surface area contributed by atoms with Gasteiger partial charge in [0.1, 0.15) is 5.54 Å². The maximum absolute atomic E-state index is 12.7. The molecule has 2 bridgehead atoms. The third-order valence-electron chi connectivity index (χ3n) is 4.88. The molecule has 92 valence electrons. The fourth-order valence-corrected chi connectivity index (χ4v) is 3.64.